The number of halogens is 3. The molecule has 1 amide bonds. The number of aliphatic hydroxyl groups excluding tert-OH is 1. The van der Waals surface area contributed by atoms with Gasteiger partial charge in [0, 0.05) is 12.5 Å². The maximum Gasteiger partial charge on any atom is 0.245 e. The molecule has 1 unspecified atom stereocenters. The molecule has 2 rings (SSSR count). The summed E-state index contributed by atoms with van der Waals surface area (Å²) in [5, 5.41) is 12.2. The lowest BCUT2D eigenvalue weighted by atomic mass is 9.78. The summed E-state index contributed by atoms with van der Waals surface area (Å²) < 4.78 is 36.7. The number of fused-ring (bicyclic) bond motifs is 1. The predicted molar refractivity (Wildman–Crippen MR) is 124 cm³/mol. The maximum absolute atomic E-state index is 12.6. The van der Waals surface area contributed by atoms with Gasteiger partial charge in [-0.05, 0) is 47.8 Å². The predicted octanol–water partition coefficient (Wildman–Crippen LogP) is 5.84. The molecule has 1 aromatic rings. The Morgan fingerprint density at radius 1 is 1.41 bits per heavy atom. The fourth-order valence-electron chi connectivity index (χ4n) is 3.05. The van der Waals surface area contributed by atoms with Crippen molar-refractivity contribution in [2.45, 2.75) is 39.3 Å². The Morgan fingerprint density at radius 3 is 2.53 bits per heavy atom. The van der Waals surface area contributed by atoms with Crippen LogP contribution < -0.4 is 11.1 Å². The first kappa shape index (κ1) is 27.0. The summed E-state index contributed by atoms with van der Waals surface area (Å²) in [6, 6.07) is 5.32. The highest BCUT2D eigenvalue weighted by molar-refractivity contribution is 5.90. The number of nitrogens with one attached hydrogen (secondary N) is 1. The van der Waals surface area contributed by atoms with Crippen LogP contribution in [0.15, 0.2) is 73.1 Å². The summed E-state index contributed by atoms with van der Waals surface area (Å²) in [4.78, 5) is 12.5. The summed E-state index contributed by atoms with van der Waals surface area (Å²) in [5.74, 6) is -1.14. The van der Waals surface area contributed by atoms with Crippen LogP contribution in [0.1, 0.15) is 43.9 Å². The zero-order valence-electron chi connectivity index (χ0n) is 18.7. The molecule has 32 heavy (non-hydrogen) atoms. The molecule has 4 nitrogen and oxygen atoms in total. The van der Waals surface area contributed by atoms with Gasteiger partial charge in [0.2, 0.25) is 5.91 Å². The number of carbonyl (C=O) groups is 1. The Morgan fingerprint density at radius 2 is 2.03 bits per heavy atom. The number of hydrogen-bond donors (Lipinski definition) is 3. The van der Waals surface area contributed by atoms with Gasteiger partial charge in [0.1, 0.15) is 24.3 Å². The lowest BCUT2D eigenvalue weighted by molar-refractivity contribution is -0.127. The Bertz CT molecular complexity index is 949. The highest BCUT2D eigenvalue weighted by Gasteiger charge is 2.40. The quantitative estimate of drug-likeness (QED) is 0.279. The molecule has 1 heterocycles. The van der Waals surface area contributed by atoms with Crippen LogP contribution in [-0.2, 0) is 16.9 Å². The Labute approximate surface area is 187 Å². The zero-order valence-corrected chi connectivity index (χ0v) is 18.7. The number of alkyl halides is 1. The second-order valence-corrected chi connectivity index (χ2v) is 7.85. The van der Waals surface area contributed by atoms with E-state index in [0.717, 1.165) is 5.56 Å². The molecule has 0 saturated carbocycles. The van der Waals surface area contributed by atoms with E-state index < -0.39 is 18.0 Å². The number of allylic oxidation sites excluding steroid dienone is 5. The van der Waals surface area contributed by atoms with Crippen molar-refractivity contribution in [1.29, 1.82) is 0 Å². The van der Waals surface area contributed by atoms with Gasteiger partial charge in [0.15, 0.2) is 0 Å². The van der Waals surface area contributed by atoms with Crippen molar-refractivity contribution in [2.75, 3.05) is 6.67 Å². The third-order valence-corrected chi connectivity index (χ3v) is 5.01. The molecule has 0 saturated heterocycles. The van der Waals surface area contributed by atoms with E-state index in [9.17, 15) is 23.1 Å². The van der Waals surface area contributed by atoms with Crippen molar-refractivity contribution >= 4 is 11.5 Å². The first-order chi connectivity index (χ1) is 15.0. The average Bonchev–Trinajstić information content (AvgIpc) is 2.75. The molecule has 174 valence electrons. The molecule has 4 N–H and O–H groups in total. The number of carbonyl (C=O) groups excluding carboxylic acids is 1. The van der Waals surface area contributed by atoms with Crippen LogP contribution in [0.3, 0.4) is 0 Å². The van der Waals surface area contributed by atoms with E-state index in [-0.39, 0.29) is 30.4 Å². The van der Waals surface area contributed by atoms with Crippen LogP contribution >= 0.6 is 0 Å². The molecule has 0 radical (unpaired) electrons. The number of rotatable bonds is 7. The van der Waals surface area contributed by atoms with Crippen LogP contribution in [0, 0.1) is 5.92 Å². The van der Waals surface area contributed by atoms with Gasteiger partial charge in [-0.2, -0.15) is 0 Å². The number of benzene rings is 1. The molecule has 0 aliphatic carbocycles. The SMILES string of the molecule is C=C(F)C(C)C.C=C/C(=C\C(O)=C\F)c1ccc2c(c1)C(N)(C/C(C)=C/CF)C(=O)NC2. The van der Waals surface area contributed by atoms with Crippen LogP contribution in [-0.4, -0.2) is 17.7 Å². The minimum absolute atomic E-state index is 0.00926. The van der Waals surface area contributed by atoms with E-state index in [4.69, 9.17) is 5.73 Å². The summed E-state index contributed by atoms with van der Waals surface area (Å²) in [5.41, 5.74) is 8.33. The van der Waals surface area contributed by atoms with Crippen molar-refractivity contribution in [2.24, 2.45) is 11.7 Å². The number of amides is 1. The van der Waals surface area contributed by atoms with E-state index in [1.54, 1.807) is 32.9 Å². The van der Waals surface area contributed by atoms with Gasteiger partial charge in [-0.3, -0.25) is 4.79 Å². The number of hydrogen-bond acceptors (Lipinski definition) is 3. The average molecular weight is 449 g/mol. The Hall–Kier alpha value is -3.06. The van der Waals surface area contributed by atoms with Gasteiger partial charge >= 0.3 is 0 Å². The highest BCUT2D eigenvalue weighted by atomic mass is 19.1. The largest absolute Gasteiger partial charge is 0.506 e. The molecule has 1 aromatic carbocycles. The fraction of sp³-hybridized carbons (Fsp3) is 0.320. The van der Waals surface area contributed by atoms with Crippen LogP contribution in [0.4, 0.5) is 13.2 Å². The summed E-state index contributed by atoms with van der Waals surface area (Å²) in [7, 11) is 0. The Balaban J connectivity index is 0.000000751. The maximum atomic E-state index is 12.6. The molecule has 0 aromatic heterocycles. The van der Waals surface area contributed by atoms with E-state index in [1.807, 2.05) is 6.07 Å². The smallest absolute Gasteiger partial charge is 0.245 e. The molecule has 1 atom stereocenters. The zero-order chi connectivity index (χ0) is 24.5. The van der Waals surface area contributed by atoms with Gasteiger partial charge in [0.25, 0.3) is 0 Å². The van der Waals surface area contributed by atoms with Gasteiger partial charge in [-0.15, -0.1) is 0 Å². The molecule has 1 aliphatic heterocycles. The molecule has 7 heteroatoms. The minimum atomic E-state index is -1.34. The molecule has 1 aliphatic rings. The summed E-state index contributed by atoms with van der Waals surface area (Å²) in [6.07, 6.45) is 4.33. The summed E-state index contributed by atoms with van der Waals surface area (Å²) >= 11 is 0. The van der Waals surface area contributed by atoms with Gasteiger partial charge < -0.3 is 16.2 Å². The van der Waals surface area contributed by atoms with Crippen LogP contribution in [0.2, 0.25) is 0 Å². The van der Waals surface area contributed by atoms with Crippen molar-refractivity contribution in [1.82, 2.24) is 5.32 Å². The fourth-order valence-corrected chi connectivity index (χ4v) is 3.05. The van der Waals surface area contributed by atoms with E-state index in [2.05, 4.69) is 18.5 Å². The Kier molecular flexibility index (Phi) is 10.2. The van der Waals surface area contributed by atoms with Crippen molar-refractivity contribution in [3.63, 3.8) is 0 Å². The third kappa shape index (κ3) is 6.99. The number of aliphatic hydroxyl groups is 1. The first-order valence-electron chi connectivity index (χ1n) is 10.1. The lowest BCUT2D eigenvalue weighted by Crippen LogP contribution is -2.55. The molecule has 0 bridgehead atoms. The van der Waals surface area contributed by atoms with E-state index in [1.165, 1.54) is 18.2 Å². The second-order valence-electron chi connectivity index (χ2n) is 7.85. The standard InChI is InChI=1S/C20H22F2N2O2.C5H9F/c1-3-14(8-17(25)11-22)15-4-5-16-12-24-19(26)20(23,18(16)9-15)10-13(2)6-7-21;1-4(2)5(3)6/h3-6,8-9,11,25H,1,7,10,12,23H2,2H3,(H,24,26);4H,3H2,1-2H3/b13-6+,14-8+,17-11-;. The van der Waals surface area contributed by atoms with Crippen molar-refractivity contribution in [3.05, 3.63) is 89.8 Å². The first-order valence-corrected chi connectivity index (χ1v) is 10.1. The van der Waals surface area contributed by atoms with E-state index in [0.29, 0.717) is 28.8 Å². The monoisotopic (exact) mass is 448 g/mol. The summed E-state index contributed by atoms with van der Waals surface area (Å²) in [6.45, 7) is 11.7. The van der Waals surface area contributed by atoms with Crippen molar-refractivity contribution in [3.8, 4) is 0 Å². The molecular formula is C25H31F3N2O2. The lowest BCUT2D eigenvalue weighted by Gasteiger charge is -2.35. The second kappa shape index (κ2) is 12.1. The molecular weight excluding hydrogens is 417 g/mol. The van der Waals surface area contributed by atoms with Crippen LogP contribution in [0.5, 0.6) is 0 Å². The minimum Gasteiger partial charge on any atom is -0.506 e. The third-order valence-electron chi connectivity index (χ3n) is 5.01. The highest BCUT2D eigenvalue weighted by Crippen LogP contribution is 2.34. The van der Waals surface area contributed by atoms with E-state index >= 15 is 0 Å². The van der Waals surface area contributed by atoms with Crippen LogP contribution in [0.25, 0.3) is 5.57 Å². The normalized spacial score (nSPS) is 19.0. The van der Waals surface area contributed by atoms with Gasteiger partial charge in [0.05, 0.1) is 5.83 Å². The molecule has 0 spiro atoms. The van der Waals surface area contributed by atoms with Crippen molar-refractivity contribution < 1.29 is 23.1 Å². The topological polar surface area (TPSA) is 75.3 Å². The molecule has 0 fully saturated rings. The van der Waals surface area contributed by atoms with Gasteiger partial charge in [-0.1, -0.05) is 56.9 Å². The van der Waals surface area contributed by atoms with Gasteiger partial charge in [-0.25, -0.2) is 13.2 Å². The number of nitrogens with two attached hydrogens (primary N) is 1.